The molecule has 3 atom stereocenters. The molecule has 1 aliphatic rings. The van der Waals surface area contributed by atoms with Gasteiger partial charge in [0.1, 0.15) is 0 Å². The van der Waals surface area contributed by atoms with Gasteiger partial charge < -0.3 is 15.5 Å². The Labute approximate surface area is 71.6 Å². The van der Waals surface area contributed by atoms with E-state index in [4.69, 9.17) is 0 Å². The molecule has 0 saturated heterocycles. The van der Waals surface area contributed by atoms with E-state index in [2.05, 4.69) is 5.32 Å². The molecule has 4 heteroatoms. The summed E-state index contributed by atoms with van der Waals surface area (Å²) in [6.07, 6.45) is 0.929. The minimum Gasteiger partial charge on any atom is -0.391 e. The standard InChI is InChI=1S/C8H15NO3/c1-5(10)9-8-6(11)3-2-4-7(8)12/h6-8,11-12H,2-4H2,1H3,(H,9,10)/t6-,7+,8?. The molecular weight excluding hydrogens is 158 g/mol. The van der Waals surface area contributed by atoms with Crippen molar-refractivity contribution in [1.82, 2.24) is 5.32 Å². The lowest BCUT2D eigenvalue weighted by Crippen LogP contribution is -2.52. The van der Waals surface area contributed by atoms with Gasteiger partial charge in [-0.1, -0.05) is 0 Å². The highest BCUT2D eigenvalue weighted by Gasteiger charge is 2.31. The predicted molar refractivity (Wildman–Crippen MR) is 43.5 cm³/mol. The summed E-state index contributed by atoms with van der Waals surface area (Å²) in [4.78, 5) is 10.7. The summed E-state index contributed by atoms with van der Waals surface area (Å²) in [5.74, 6) is -0.208. The maximum absolute atomic E-state index is 10.7. The highest BCUT2D eigenvalue weighted by atomic mass is 16.3. The second-order valence-corrected chi connectivity index (χ2v) is 3.29. The predicted octanol–water partition coefficient (Wildman–Crippen LogP) is -0.603. The Morgan fingerprint density at radius 3 is 2.25 bits per heavy atom. The van der Waals surface area contributed by atoms with E-state index in [1.54, 1.807) is 0 Å². The minimum absolute atomic E-state index is 0.208. The summed E-state index contributed by atoms with van der Waals surface area (Å²) < 4.78 is 0. The molecule has 0 radical (unpaired) electrons. The molecule has 12 heavy (non-hydrogen) atoms. The van der Waals surface area contributed by atoms with Crippen LogP contribution in [-0.2, 0) is 4.79 Å². The van der Waals surface area contributed by atoms with Crippen LogP contribution in [0.15, 0.2) is 0 Å². The van der Waals surface area contributed by atoms with E-state index in [0.717, 1.165) is 6.42 Å². The number of carbonyl (C=O) groups excluding carboxylic acids is 1. The van der Waals surface area contributed by atoms with E-state index in [-0.39, 0.29) is 5.91 Å². The van der Waals surface area contributed by atoms with Crippen LogP contribution in [0.4, 0.5) is 0 Å². The van der Waals surface area contributed by atoms with Crippen molar-refractivity contribution < 1.29 is 15.0 Å². The molecule has 0 heterocycles. The van der Waals surface area contributed by atoms with E-state index in [0.29, 0.717) is 12.8 Å². The fourth-order valence-electron chi connectivity index (χ4n) is 1.58. The molecule has 0 spiro atoms. The highest BCUT2D eigenvalue weighted by molar-refractivity contribution is 5.73. The summed E-state index contributed by atoms with van der Waals surface area (Å²) in [5, 5.41) is 21.4. The van der Waals surface area contributed by atoms with Gasteiger partial charge in [-0.15, -0.1) is 0 Å². The van der Waals surface area contributed by atoms with Crippen LogP contribution in [0, 0.1) is 0 Å². The Morgan fingerprint density at radius 2 is 1.83 bits per heavy atom. The van der Waals surface area contributed by atoms with Gasteiger partial charge in [-0.25, -0.2) is 0 Å². The number of carbonyl (C=O) groups is 1. The lowest BCUT2D eigenvalue weighted by atomic mass is 9.90. The normalized spacial score (nSPS) is 36.1. The molecule has 0 bridgehead atoms. The van der Waals surface area contributed by atoms with Gasteiger partial charge in [0.05, 0.1) is 18.2 Å². The first kappa shape index (κ1) is 9.48. The van der Waals surface area contributed by atoms with Crippen molar-refractivity contribution in [3.05, 3.63) is 0 Å². The molecule has 1 aliphatic carbocycles. The smallest absolute Gasteiger partial charge is 0.217 e. The Balaban J connectivity index is 2.50. The molecule has 1 rings (SSSR count). The Morgan fingerprint density at radius 1 is 1.33 bits per heavy atom. The summed E-state index contributed by atoms with van der Waals surface area (Å²) in [6, 6.07) is -0.476. The second-order valence-electron chi connectivity index (χ2n) is 3.29. The molecule has 4 nitrogen and oxygen atoms in total. The van der Waals surface area contributed by atoms with Gasteiger partial charge >= 0.3 is 0 Å². The van der Waals surface area contributed by atoms with Gasteiger partial charge in [-0.2, -0.15) is 0 Å². The average molecular weight is 173 g/mol. The van der Waals surface area contributed by atoms with Crippen molar-refractivity contribution in [2.75, 3.05) is 0 Å². The van der Waals surface area contributed by atoms with E-state index in [1.807, 2.05) is 0 Å². The Hall–Kier alpha value is -0.610. The monoisotopic (exact) mass is 173 g/mol. The highest BCUT2D eigenvalue weighted by Crippen LogP contribution is 2.18. The van der Waals surface area contributed by atoms with Crippen LogP contribution in [-0.4, -0.2) is 34.4 Å². The number of aliphatic hydroxyl groups excluding tert-OH is 2. The van der Waals surface area contributed by atoms with Crippen LogP contribution in [0.1, 0.15) is 26.2 Å². The van der Waals surface area contributed by atoms with Gasteiger partial charge in [0.2, 0.25) is 5.91 Å². The van der Waals surface area contributed by atoms with Gasteiger partial charge in [0.15, 0.2) is 0 Å². The lowest BCUT2D eigenvalue weighted by Gasteiger charge is -2.32. The zero-order chi connectivity index (χ0) is 9.14. The van der Waals surface area contributed by atoms with Crippen LogP contribution in [0.3, 0.4) is 0 Å². The van der Waals surface area contributed by atoms with E-state index >= 15 is 0 Å². The average Bonchev–Trinajstić information content (AvgIpc) is 1.97. The maximum atomic E-state index is 10.7. The molecule has 0 aromatic heterocycles. The number of nitrogens with one attached hydrogen (secondary N) is 1. The first-order chi connectivity index (χ1) is 5.61. The molecule has 0 aromatic rings. The molecule has 1 unspecified atom stereocenters. The summed E-state index contributed by atoms with van der Waals surface area (Å²) in [7, 11) is 0. The fourth-order valence-corrected chi connectivity index (χ4v) is 1.58. The van der Waals surface area contributed by atoms with Gasteiger partial charge in [-0.3, -0.25) is 4.79 Å². The van der Waals surface area contributed by atoms with Crippen molar-refractivity contribution >= 4 is 5.91 Å². The SMILES string of the molecule is CC(=O)NC1[C@H](O)CCC[C@@H]1O. The maximum Gasteiger partial charge on any atom is 0.217 e. The van der Waals surface area contributed by atoms with Crippen molar-refractivity contribution in [2.45, 2.75) is 44.4 Å². The number of aliphatic hydroxyl groups is 2. The molecule has 1 saturated carbocycles. The molecule has 3 N–H and O–H groups in total. The van der Waals surface area contributed by atoms with E-state index in [1.165, 1.54) is 6.92 Å². The molecule has 70 valence electrons. The summed E-state index contributed by atoms with van der Waals surface area (Å²) >= 11 is 0. The first-order valence-corrected chi connectivity index (χ1v) is 4.24. The number of rotatable bonds is 1. The van der Waals surface area contributed by atoms with Crippen molar-refractivity contribution in [1.29, 1.82) is 0 Å². The van der Waals surface area contributed by atoms with Gasteiger partial charge in [-0.05, 0) is 19.3 Å². The number of hydrogen-bond donors (Lipinski definition) is 3. The van der Waals surface area contributed by atoms with Crippen molar-refractivity contribution in [3.63, 3.8) is 0 Å². The molecular formula is C8H15NO3. The zero-order valence-electron chi connectivity index (χ0n) is 7.16. The molecule has 0 aliphatic heterocycles. The van der Waals surface area contributed by atoms with Crippen LogP contribution in [0.5, 0.6) is 0 Å². The zero-order valence-corrected chi connectivity index (χ0v) is 7.16. The van der Waals surface area contributed by atoms with Crippen LogP contribution >= 0.6 is 0 Å². The summed E-state index contributed by atoms with van der Waals surface area (Å²) in [5.41, 5.74) is 0. The Kier molecular flexibility index (Phi) is 3.05. The van der Waals surface area contributed by atoms with Crippen LogP contribution in [0.2, 0.25) is 0 Å². The van der Waals surface area contributed by atoms with E-state index in [9.17, 15) is 15.0 Å². The van der Waals surface area contributed by atoms with E-state index < -0.39 is 18.2 Å². The van der Waals surface area contributed by atoms with Gasteiger partial charge in [0.25, 0.3) is 0 Å². The number of hydrogen-bond acceptors (Lipinski definition) is 3. The number of amides is 1. The van der Waals surface area contributed by atoms with Crippen LogP contribution in [0.25, 0.3) is 0 Å². The van der Waals surface area contributed by atoms with Crippen molar-refractivity contribution in [3.8, 4) is 0 Å². The van der Waals surface area contributed by atoms with Gasteiger partial charge in [0, 0.05) is 6.92 Å². The third-order valence-corrected chi connectivity index (χ3v) is 2.20. The third kappa shape index (κ3) is 2.19. The molecule has 1 fully saturated rings. The first-order valence-electron chi connectivity index (χ1n) is 4.24. The fraction of sp³-hybridized carbons (Fsp3) is 0.875. The molecule has 1 amide bonds. The van der Waals surface area contributed by atoms with Crippen LogP contribution < -0.4 is 5.32 Å². The second kappa shape index (κ2) is 3.87. The van der Waals surface area contributed by atoms with Crippen molar-refractivity contribution in [2.24, 2.45) is 0 Å². The minimum atomic E-state index is -0.599. The lowest BCUT2D eigenvalue weighted by molar-refractivity contribution is -0.122. The quantitative estimate of drug-likeness (QED) is 0.496. The third-order valence-electron chi connectivity index (χ3n) is 2.20. The summed E-state index contributed by atoms with van der Waals surface area (Å²) in [6.45, 7) is 1.38. The molecule has 0 aromatic carbocycles. The topological polar surface area (TPSA) is 69.6 Å². The Bertz CT molecular complexity index is 162. The largest absolute Gasteiger partial charge is 0.391 e.